The molecule has 0 aliphatic carbocycles. The predicted octanol–water partition coefficient (Wildman–Crippen LogP) is 2.06. The van der Waals surface area contributed by atoms with Crippen LogP contribution in [-0.2, 0) is 6.54 Å². The lowest BCUT2D eigenvalue weighted by atomic mass is 10.1. The Labute approximate surface area is 102 Å². The fourth-order valence-corrected chi connectivity index (χ4v) is 2.53. The second kappa shape index (κ2) is 5.36. The Kier molecular flexibility index (Phi) is 3.84. The molecule has 1 saturated heterocycles. The number of carbonyl (C=O) groups is 1. The van der Waals surface area contributed by atoms with Gasteiger partial charge in [-0.25, -0.2) is 4.79 Å². The number of aromatic nitrogens is 1. The Hall–Kier alpha value is -1.29. The largest absolute Gasteiger partial charge is 0.477 e. The van der Waals surface area contributed by atoms with Crippen LogP contribution in [0.1, 0.15) is 36.7 Å². The summed E-state index contributed by atoms with van der Waals surface area (Å²) in [4.78, 5) is 13.5. The molecule has 4 nitrogen and oxygen atoms in total. The second-order valence-corrected chi connectivity index (χ2v) is 4.80. The maximum absolute atomic E-state index is 11.0. The Morgan fingerprint density at radius 1 is 1.41 bits per heavy atom. The van der Waals surface area contributed by atoms with Crippen molar-refractivity contribution < 1.29 is 9.90 Å². The number of carboxylic acids is 1. The molecule has 1 aromatic heterocycles. The smallest absolute Gasteiger partial charge is 0.352 e. The lowest BCUT2D eigenvalue weighted by Gasteiger charge is -2.32. The van der Waals surface area contributed by atoms with E-state index in [1.807, 2.05) is 10.8 Å². The first kappa shape index (κ1) is 12.2. The summed E-state index contributed by atoms with van der Waals surface area (Å²) in [5, 5.41) is 9.04. The Morgan fingerprint density at radius 2 is 2.12 bits per heavy atom. The minimum Gasteiger partial charge on any atom is -0.477 e. The molecular weight excluding hydrogens is 216 g/mol. The normalized spacial score (nSPS) is 19.1. The van der Waals surface area contributed by atoms with Gasteiger partial charge in [0.15, 0.2) is 0 Å². The first-order chi connectivity index (χ1) is 8.18. The van der Waals surface area contributed by atoms with Gasteiger partial charge in [0.2, 0.25) is 0 Å². The van der Waals surface area contributed by atoms with E-state index in [1.165, 1.54) is 19.3 Å². The van der Waals surface area contributed by atoms with Crippen molar-refractivity contribution in [3.63, 3.8) is 0 Å². The molecule has 0 aromatic carbocycles. The van der Waals surface area contributed by atoms with E-state index in [1.54, 1.807) is 12.1 Å². The zero-order chi connectivity index (χ0) is 12.3. The van der Waals surface area contributed by atoms with E-state index in [0.717, 1.165) is 19.6 Å². The van der Waals surface area contributed by atoms with Crippen molar-refractivity contribution in [2.24, 2.45) is 0 Å². The van der Waals surface area contributed by atoms with Gasteiger partial charge in [-0.2, -0.15) is 0 Å². The highest BCUT2D eigenvalue weighted by Crippen LogP contribution is 2.14. The molecule has 1 aromatic rings. The summed E-state index contributed by atoms with van der Waals surface area (Å²) in [5.41, 5.74) is 0.383. The van der Waals surface area contributed by atoms with Gasteiger partial charge in [0.1, 0.15) is 5.69 Å². The minimum atomic E-state index is -0.846. The Morgan fingerprint density at radius 3 is 2.76 bits per heavy atom. The summed E-state index contributed by atoms with van der Waals surface area (Å²) in [5.74, 6) is -0.846. The SMILES string of the molecule is CC(Cn1cccc1C(=O)O)N1CCCCC1. The van der Waals surface area contributed by atoms with Gasteiger partial charge in [0, 0.05) is 18.8 Å². The van der Waals surface area contributed by atoms with Gasteiger partial charge in [-0.1, -0.05) is 6.42 Å². The van der Waals surface area contributed by atoms with Crippen LogP contribution in [0.25, 0.3) is 0 Å². The van der Waals surface area contributed by atoms with Crippen LogP contribution in [-0.4, -0.2) is 39.7 Å². The van der Waals surface area contributed by atoms with Gasteiger partial charge in [0.25, 0.3) is 0 Å². The number of piperidine rings is 1. The molecule has 1 aliphatic rings. The molecule has 1 aliphatic heterocycles. The van der Waals surface area contributed by atoms with Crippen molar-refractivity contribution in [1.29, 1.82) is 0 Å². The molecule has 0 spiro atoms. The molecule has 2 rings (SSSR count). The van der Waals surface area contributed by atoms with E-state index in [9.17, 15) is 4.79 Å². The number of aromatic carboxylic acids is 1. The summed E-state index contributed by atoms with van der Waals surface area (Å²) < 4.78 is 1.83. The van der Waals surface area contributed by atoms with Crippen LogP contribution < -0.4 is 0 Å². The summed E-state index contributed by atoms with van der Waals surface area (Å²) >= 11 is 0. The van der Waals surface area contributed by atoms with E-state index >= 15 is 0 Å². The summed E-state index contributed by atoms with van der Waals surface area (Å²) in [7, 11) is 0. The van der Waals surface area contributed by atoms with Crippen molar-refractivity contribution in [3.8, 4) is 0 Å². The van der Waals surface area contributed by atoms with E-state index < -0.39 is 5.97 Å². The molecule has 2 heterocycles. The van der Waals surface area contributed by atoms with Crippen LogP contribution in [0.3, 0.4) is 0 Å². The molecule has 1 unspecified atom stereocenters. The average molecular weight is 236 g/mol. The first-order valence-electron chi connectivity index (χ1n) is 6.31. The molecule has 0 radical (unpaired) electrons. The van der Waals surface area contributed by atoms with Crippen molar-refractivity contribution in [1.82, 2.24) is 9.47 Å². The lowest BCUT2D eigenvalue weighted by Crippen LogP contribution is -2.40. The van der Waals surface area contributed by atoms with E-state index in [-0.39, 0.29) is 0 Å². The average Bonchev–Trinajstić information content (AvgIpc) is 2.78. The molecule has 4 heteroatoms. The van der Waals surface area contributed by atoms with E-state index in [2.05, 4.69) is 11.8 Å². The fraction of sp³-hybridized carbons (Fsp3) is 0.615. The lowest BCUT2D eigenvalue weighted by molar-refractivity contribution is 0.0681. The van der Waals surface area contributed by atoms with E-state index in [0.29, 0.717) is 11.7 Å². The topological polar surface area (TPSA) is 45.5 Å². The third kappa shape index (κ3) is 2.88. The van der Waals surface area contributed by atoms with Gasteiger partial charge in [0.05, 0.1) is 0 Å². The molecule has 1 N–H and O–H groups in total. The Bertz CT molecular complexity index is 381. The zero-order valence-corrected chi connectivity index (χ0v) is 10.3. The van der Waals surface area contributed by atoms with Crippen LogP contribution >= 0.6 is 0 Å². The van der Waals surface area contributed by atoms with Crippen LogP contribution in [0.5, 0.6) is 0 Å². The number of hydrogen-bond donors (Lipinski definition) is 1. The molecule has 94 valence electrons. The summed E-state index contributed by atoms with van der Waals surface area (Å²) in [6.07, 6.45) is 5.71. The van der Waals surface area contributed by atoms with Crippen LogP contribution in [0.4, 0.5) is 0 Å². The highest BCUT2D eigenvalue weighted by Gasteiger charge is 2.18. The molecular formula is C13H20N2O2. The van der Waals surface area contributed by atoms with E-state index in [4.69, 9.17) is 5.11 Å². The predicted molar refractivity (Wildman–Crippen MR) is 66.3 cm³/mol. The quantitative estimate of drug-likeness (QED) is 0.870. The van der Waals surface area contributed by atoms with Gasteiger partial charge >= 0.3 is 5.97 Å². The molecule has 17 heavy (non-hydrogen) atoms. The number of nitrogens with zero attached hydrogens (tertiary/aromatic N) is 2. The zero-order valence-electron chi connectivity index (χ0n) is 10.3. The summed E-state index contributed by atoms with van der Waals surface area (Å²) in [6, 6.07) is 3.86. The first-order valence-corrected chi connectivity index (χ1v) is 6.31. The van der Waals surface area contributed by atoms with Gasteiger partial charge in [-0.05, 0) is 45.0 Å². The van der Waals surface area contributed by atoms with Crippen LogP contribution in [0.15, 0.2) is 18.3 Å². The van der Waals surface area contributed by atoms with Crippen molar-refractivity contribution in [3.05, 3.63) is 24.0 Å². The van der Waals surface area contributed by atoms with Crippen molar-refractivity contribution >= 4 is 5.97 Å². The third-order valence-corrected chi connectivity index (χ3v) is 3.52. The number of hydrogen-bond acceptors (Lipinski definition) is 2. The summed E-state index contributed by atoms with van der Waals surface area (Å²) in [6.45, 7) is 5.22. The molecule has 1 atom stereocenters. The van der Waals surface area contributed by atoms with Gasteiger partial charge < -0.3 is 9.67 Å². The number of rotatable bonds is 4. The molecule has 0 saturated carbocycles. The standard InChI is InChI=1S/C13H20N2O2/c1-11(14-7-3-2-4-8-14)10-15-9-5-6-12(15)13(16)17/h5-6,9,11H,2-4,7-8,10H2,1H3,(H,16,17). The number of likely N-dealkylation sites (tertiary alicyclic amines) is 1. The Balaban J connectivity index is 1.99. The van der Waals surface area contributed by atoms with Gasteiger partial charge in [-0.15, -0.1) is 0 Å². The maximum Gasteiger partial charge on any atom is 0.352 e. The van der Waals surface area contributed by atoms with Crippen LogP contribution in [0, 0.1) is 0 Å². The highest BCUT2D eigenvalue weighted by atomic mass is 16.4. The monoisotopic (exact) mass is 236 g/mol. The number of carboxylic acid groups (broad SMARTS) is 1. The highest BCUT2D eigenvalue weighted by molar-refractivity contribution is 5.85. The second-order valence-electron chi connectivity index (χ2n) is 4.80. The van der Waals surface area contributed by atoms with Crippen LogP contribution in [0.2, 0.25) is 0 Å². The molecule has 0 amide bonds. The van der Waals surface area contributed by atoms with Crippen molar-refractivity contribution in [2.75, 3.05) is 13.1 Å². The van der Waals surface area contributed by atoms with Gasteiger partial charge in [-0.3, -0.25) is 4.90 Å². The molecule has 1 fully saturated rings. The minimum absolute atomic E-state index is 0.383. The fourth-order valence-electron chi connectivity index (χ4n) is 2.53. The maximum atomic E-state index is 11.0. The third-order valence-electron chi connectivity index (χ3n) is 3.52. The molecule has 0 bridgehead atoms. The van der Waals surface area contributed by atoms with Crippen molar-refractivity contribution in [2.45, 2.75) is 38.8 Å².